The first-order valence-corrected chi connectivity index (χ1v) is 16.5. The van der Waals surface area contributed by atoms with Crippen LogP contribution in [0.3, 0.4) is 0 Å². The quantitative estimate of drug-likeness (QED) is 0.174. The number of halogens is 2. The van der Waals surface area contributed by atoms with E-state index in [1.807, 2.05) is 30.3 Å². The average Bonchev–Trinajstić information content (AvgIpc) is 3.38. The second-order valence-electron chi connectivity index (χ2n) is 10.4. The van der Waals surface area contributed by atoms with Crippen LogP contribution in [-0.2, 0) is 25.7 Å². The molecule has 5 rings (SSSR count). The topological polar surface area (TPSA) is 115 Å². The van der Waals surface area contributed by atoms with E-state index in [0.717, 1.165) is 5.56 Å². The molecule has 0 radical (unpaired) electrons. The molecule has 1 aliphatic rings. The van der Waals surface area contributed by atoms with E-state index < -0.39 is 18.0 Å². The second-order valence-corrected chi connectivity index (χ2v) is 12.2. The van der Waals surface area contributed by atoms with Crippen LogP contribution in [0.15, 0.2) is 81.7 Å². The van der Waals surface area contributed by atoms with Gasteiger partial charge < -0.3 is 23.7 Å². The monoisotopic (exact) mass is 710 g/mol. The zero-order chi connectivity index (χ0) is 34.4. The summed E-state index contributed by atoms with van der Waals surface area (Å²) < 4.78 is 29.6. The molecule has 4 aromatic rings. The van der Waals surface area contributed by atoms with Crippen molar-refractivity contribution in [3.8, 4) is 17.2 Å². The minimum Gasteiger partial charge on any atom is -0.490 e. The van der Waals surface area contributed by atoms with Gasteiger partial charge in [0.05, 0.1) is 52.2 Å². The van der Waals surface area contributed by atoms with Crippen LogP contribution in [0, 0.1) is 0 Å². The summed E-state index contributed by atoms with van der Waals surface area (Å²) in [6.45, 7) is 5.56. The summed E-state index contributed by atoms with van der Waals surface area (Å²) >= 11 is 13.4. The van der Waals surface area contributed by atoms with Crippen molar-refractivity contribution in [2.24, 2.45) is 4.99 Å². The third-order valence-corrected chi connectivity index (χ3v) is 8.98. The number of esters is 2. The Bertz CT molecular complexity index is 2070. The van der Waals surface area contributed by atoms with E-state index in [-0.39, 0.29) is 31.0 Å². The van der Waals surface area contributed by atoms with Crippen LogP contribution in [0.2, 0.25) is 10.0 Å². The minimum atomic E-state index is -0.891. The van der Waals surface area contributed by atoms with Crippen LogP contribution in [0.25, 0.3) is 6.08 Å². The van der Waals surface area contributed by atoms with E-state index in [4.69, 9.17) is 42.1 Å². The highest BCUT2D eigenvalue weighted by atomic mass is 35.5. The normalized spacial score (nSPS) is 14.2. The number of nitrogens with zero attached hydrogens (tertiary/aromatic N) is 2. The van der Waals surface area contributed by atoms with Crippen molar-refractivity contribution in [3.05, 3.63) is 118 Å². The molecule has 13 heteroatoms. The maximum absolute atomic E-state index is 14.2. The first-order valence-electron chi connectivity index (χ1n) is 15.0. The summed E-state index contributed by atoms with van der Waals surface area (Å²) in [4.78, 5) is 44.4. The molecule has 0 saturated heterocycles. The molecule has 0 amide bonds. The van der Waals surface area contributed by atoms with Crippen LogP contribution in [-0.4, -0.2) is 43.4 Å². The van der Waals surface area contributed by atoms with Crippen LogP contribution in [0.5, 0.6) is 17.2 Å². The molecule has 10 nitrogen and oxygen atoms in total. The molecule has 48 heavy (non-hydrogen) atoms. The summed E-state index contributed by atoms with van der Waals surface area (Å²) in [5, 5.41) is 0.878. The number of hydrogen-bond donors (Lipinski definition) is 0. The maximum Gasteiger partial charge on any atom is 0.343 e. The Morgan fingerprint density at radius 1 is 0.938 bits per heavy atom. The van der Waals surface area contributed by atoms with Crippen molar-refractivity contribution in [2.75, 3.05) is 26.9 Å². The van der Waals surface area contributed by atoms with E-state index in [2.05, 4.69) is 9.73 Å². The molecule has 1 aliphatic heterocycles. The predicted molar refractivity (Wildman–Crippen MR) is 183 cm³/mol. The van der Waals surface area contributed by atoms with Gasteiger partial charge in [0.15, 0.2) is 22.9 Å². The number of rotatable bonds is 12. The maximum atomic E-state index is 14.2. The molecule has 0 spiro atoms. The van der Waals surface area contributed by atoms with Crippen molar-refractivity contribution in [1.29, 1.82) is 0 Å². The van der Waals surface area contributed by atoms with Gasteiger partial charge in [0, 0.05) is 5.56 Å². The Kier molecular flexibility index (Phi) is 11.3. The Morgan fingerprint density at radius 3 is 2.46 bits per heavy atom. The van der Waals surface area contributed by atoms with Crippen LogP contribution < -0.4 is 29.1 Å². The number of aromatic nitrogens is 1. The molecule has 1 aromatic heterocycles. The SMILES string of the molecule is CCOC(=O)C1=C(C)N=c2s/c(=C\c3ccccc3OCc3ccc(Cl)c(Cl)c3)c(=O)n2[C@H]1c1ccc(OCC(=O)OC)c(OCC)c1. The van der Waals surface area contributed by atoms with Crippen molar-refractivity contribution in [1.82, 2.24) is 4.57 Å². The molecule has 0 fully saturated rings. The third kappa shape index (κ3) is 7.59. The fraction of sp³-hybridized carbons (Fsp3) is 0.257. The van der Waals surface area contributed by atoms with Gasteiger partial charge in [0.2, 0.25) is 0 Å². The van der Waals surface area contributed by atoms with Crippen molar-refractivity contribution in [3.63, 3.8) is 0 Å². The highest BCUT2D eigenvalue weighted by Crippen LogP contribution is 2.36. The number of allylic oxidation sites excluding steroid dienone is 1. The first-order chi connectivity index (χ1) is 23.1. The van der Waals surface area contributed by atoms with Crippen molar-refractivity contribution < 1.29 is 33.3 Å². The van der Waals surface area contributed by atoms with Gasteiger partial charge in [-0.1, -0.05) is 64.9 Å². The lowest BCUT2D eigenvalue weighted by Gasteiger charge is -2.25. The van der Waals surface area contributed by atoms with Gasteiger partial charge in [0.25, 0.3) is 5.56 Å². The number of fused-ring (bicyclic) bond motifs is 1. The molecule has 0 aliphatic carbocycles. The lowest BCUT2D eigenvalue weighted by atomic mass is 9.95. The van der Waals surface area contributed by atoms with Gasteiger partial charge >= 0.3 is 11.9 Å². The number of hydrogen-bond acceptors (Lipinski definition) is 10. The number of methoxy groups -OCH3 is 1. The van der Waals surface area contributed by atoms with E-state index >= 15 is 0 Å². The van der Waals surface area contributed by atoms with Gasteiger partial charge in [-0.25, -0.2) is 14.6 Å². The molecular formula is C35H32Cl2N2O8S. The third-order valence-electron chi connectivity index (χ3n) is 7.26. The van der Waals surface area contributed by atoms with E-state index in [1.165, 1.54) is 23.0 Å². The number of ether oxygens (including phenoxy) is 5. The average molecular weight is 712 g/mol. The van der Waals surface area contributed by atoms with Gasteiger partial charge in [-0.2, -0.15) is 0 Å². The smallest absolute Gasteiger partial charge is 0.343 e. The van der Waals surface area contributed by atoms with E-state index in [0.29, 0.717) is 60.1 Å². The van der Waals surface area contributed by atoms with Gasteiger partial charge in [-0.15, -0.1) is 0 Å². The Hall–Kier alpha value is -4.58. The number of carbonyl (C=O) groups is 2. The fourth-order valence-corrected chi connectivity index (χ4v) is 6.41. The van der Waals surface area contributed by atoms with Crippen LogP contribution in [0.1, 0.15) is 43.5 Å². The lowest BCUT2D eigenvalue weighted by molar-refractivity contribution is -0.143. The highest BCUT2D eigenvalue weighted by Gasteiger charge is 2.34. The summed E-state index contributed by atoms with van der Waals surface area (Å²) in [5.41, 5.74) is 2.33. The predicted octanol–water partition coefficient (Wildman–Crippen LogP) is 5.63. The zero-order valence-corrected chi connectivity index (χ0v) is 28.9. The zero-order valence-electron chi connectivity index (χ0n) is 26.6. The Labute approximate surface area is 290 Å². The minimum absolute atomic E-state index is 0.135. The first kappa shape index (κ1) is 34.7. The van der Waals surface area contributed by atoms with Gasteiger partial charge in [0.1, 0.15) is 12.4 Å². The van der Waals surface area contributed by atoms with E-state index in [1.54, 1.807) is 57.2 Å². The molecule has 0 unspecified atom stereocenters. The molecular weight excluding hydrogens is 679 g/mol. The summed E-state index contributed by atoms with van der Waals surface area (Å²) in [6, 6.07) is 16.7. The molecule has 2 heterocycles. The molecule has 3 aromatic carbocycles. The summed E-state index contributed by atoms with van der Waals surface area (Å²) in [6.07, 6.45) is 1.74. The fourth-order valence-electron chi connectivity index (χ4n) is 5.05. The largest absolute Gasteiger partial charge is 0.490 e. The number of carbonyl (C=O) groups excluding carboxylic acids is 2. The molecule has 0 bridgehead atoms. The summed E-state index contributed by atoms with van der Waals surface area (Å²) in [5.74, 6) is 0.0284. The second kappa shape index (κ2) is 15.5. The van der Waals surface area contributed by atoms with E-state index in [9.17, 15) is 14.4 Å². The summed E-state index contributed by atoms with van der Waals surface area (Å²) in [7, 11) is 1.27. The van der Waals surface area contributed by atoms with Gasteiger partial charge in [-0.3, -0.25) is 9.36 Å². The molecule has 0 saturated carbocycles. The highest BCUT2D eigenvalue weighted by molar-refractivity contribution is 7.07. The molecule has 250 valence electrons. The molecule has 0 N–H and O–H groups in total. The van der Waals surface area contributed by atoms with Gasteiger partial charge in [-0.05, 0) is 68.3 Å². The Morgan fingerprint density at radius 2 is 1.73 bits per heavy atom. The molecule has 1 atom stereocenters. The Balaban J connectivity index is 1.59. The van der Waals surface area contributed by atoms with Crippen LogP contribution >= 0.6 is 34.5 Å². The van der Waals surface area contributed by atoms with Crippen molar-refractivity contribution in [2.45, 2.75) is 33.4 Å². The van der Waals surface area contributed by atoms with Crippen molar-refractivity contribution >= 4 is 52.6 Å². The number of benzene rings is 3. The lowest BCUT2D eigenvalue weighted by Crippen LogP contribution is -2.40. The standard InChI is InChI=1S/C35H32Cl2N2O8S/c1-5-44-28-16-23(12-14-27(28)47-19-30(40)43-4)32-31(34(42)45-6-2)20(3)38-35-39(32)33(41)29(48-35)17-22-9-7-8-10-26(22)46-18-21-11-13-24(36)25(37)15-21/h7-17,32H,5-6,18-19H2,1-4H3/b29-17-/t32-/m0/s1. The number of para-hydroxylation sites is 1. The van der Waals surface area contributed by atoms with Crippen LogP contribution in [0.4, 0.5) is 0 Å². The number of thiazole rings is 1.